The number of hydrogen-bond acceptors (Lipinski definition) is 3. The molecule has 0 fully saturated rings. The molecule has 3 nitrogen and oxygen atoms in total. The zero-order valence-corrected chi connectivity index (χ0v) is 10.0. The Balaban J connectivity index is 2.71. The Hall–Kier alpha value is -0.330. The van der Waals surface area contributed by atoms with Crippen molar-refractivity contribution in [2.45, 2.75) is 0 Å². The minimum absolute atomic E-state index is 0.103. The van der Waals surface area contributed by atoms with Crippen LogP contribution in [0.2, 0.25) is 0 Å². The van der Waals surface area contributed by atoms with E-state index in [1.807, 2.05) is 29.2 Å². The van der Waals surface area contributed by atoms with Crippen molar-refractivity contribution in [1.82, 2.24) is 0 Å². The summed E-state index contributed by atoms with van der Waals surface area (Å²) < 4.78 is 1.18. The van der Waals surface area contributed by atoms with Crippen LogP contribution >= 0.6 is 22.6 Å². The number of hydrogen-bond donors (Lipinski definition) is 2. The largest absolute Gasteiger partial charge is 0.395 e. The van der Waals surface area contributed by atoms with Crippen molar-refractivity contribution in [2.24, 2.45) is 0 Å². The van der Waals surface area contributed by atoms with E-state index >= 15 is 0 Å². The lowest BCUT2D eigenvalue weighted by molar-refractivity contribution is 0.281. The summed E-state index contributed by atoms with van der Waals surface area (Å²) in [5, 5.41) is 17.7. The molecule has 1 aromatic carbocycles. The highest BCUT2D eigenvalue weighted by Gasteiger charge is 2.03. The Morgan fingerprint density at radius 3 is 1.93 bits per heavy atom. The number of rotatable bonds is 5. The fourth-order valence-corrected chi connectivity index (χ4v) is 1.62. The van der Waals surface area contributed by atoms with E-state index in [1.165, 1.54) is 3.57 Å². The van der Waals surface area contributed by atoms with Crippen molar-refractivity contribution in [3.8, 4) is 0 Å². The minimum Gasteiger partial charge on any atom is -0.395 e. The molecule has 0 spiro atoms. The summed E-state index contributed by atoms with van der Waals surface area (Å²) in [6, 6.07) is 8.01. The van der Waals surface area contributed by atoms with Gasteiger partial charge in [-0.25, -0.2) is 0 Å². The highest BCUT2D eigenvalue weighted by atomic mass is 127. The van der Waals surface area contributed by atoms with Crippen LogP contribution in [0.25, 0.3) is 0 Å². The number of aliphatic hydroxyl groups is 2. The SMILES string of the molecule is OCCN(CCO)c1ccc(I)cc1. The van der Waals surface area contributed by atoms with E-state index in [0.717, 1.165) is 5.69 Å². The summed E-state index contributed by atoms with van der Waals surface area (Å²) in [7, 11) is 0. The topological polar surface area (TPSA) is 43.7 Å². The molecule has 1 aromatic rings. The van der Waals surface area contributed by atoms with Gasteiger partial charge in [0.05, 0.1) is 13.2 Å². The summed E-state index contributed by atoms with van der Waals surface area (Å²) in [4.78, 5) is 1.95. The summed E-state index contributed by atoms with van der Waals surface area (Å²) in [5.41, 5.74) is 1.04. The average Bonchev–Trinajstić information content (AvgIpc) is 2.19. The van der Waals surface area contributed by atoms with Crippen LogP contribution in [0.1, 0.15) is 0 Å². The van der Waals surface area contributed by atoms with Crippen molar-refractivity contribution in [3.05, 3.63) is 27.8 Å². The molecule has 0 saturated carbocycles. The molecule has 1 rings (SSSR count). The molecule has 14 heavy (non-hydrogen) atoms. The molecule has 0 atom stereocenters. The van der Waals surface area contributed by atoms with Gasteiger partial charge in [0, 0.05) is 22.3 Å². The number of benzene rings is 1. The van der Waals surface area contributed by atoms with E-state index in [4.69, 9.17) is 10.2 Å². The van der Waals surface area contributed by atoms with Crippen LogP contribution in [-0.2, 0) is 0 Å². The smallest absolute Gasteiger partial charge is 0.0606 e. The Bertz CT molecular complexity index is 257. The van der Waals surface area contributed by atoms with Gasteiger partial charge in [-0.05, 0) is 46.9 Å². The van der Waals surface area contributed by atoms with E-state index in [9.17, 15) is 0 Å². The summed E-state index contributed by atoms with van der Waals surface area (Å²) in [6.45, 7) is 1.32. The van der Waals surface area contributed by atoms with Gasteiger partial charge in [0.2, 0.25) is 0 Å². The molecule has 0 radical (unpaired) electrons. The molecule has 0 heterocycles. The van der Waals surface area contributed by atoms with E-state index in [1.54, 1.807) is 0 Å². The highest BCUT2D eigenvalue weighted by Crippen LogP contribution is 2.15. The van der Waals surface area contributed by atoms with Gasteiger partial charge in [0.1, 0.15) is 0 Å². The zero-order valence-electron chi connectivity index (χ0n) is 7.86. The van der Waals surface area contributed by atoms with Crippen molar-refractivity contribution in [3.63, 3.8) is 0 Å². The normalized spacial score (nSPS) is 10.2. The Morgan fingerprint density at radius 1 is 1.00 bits per heavy atom. The van der Waals surface area contributed by atoms with Gasteiger partial charge in [0.15, 0.2) is 0 Å². The second-order valence-corrected chi connectivity index (χ2v) is 4.16. The second kappa shape index (κ2) is 6.21. The summed E-state index contributed by atoms with van der Waals surface area (Å²) in [6.07, 6.45) is 0. The molecule has 78 valence electrons. The number of halogens is 1. The first-order chi connectivity index (χ1) is 6.77. The number of anilines is 1. The fraction of sp³-hybridized carbons (Fsp3) is 0.400. The Morgan fingerprint density at radius 2 is 1.50 bits per heavy atom. The minimum atomic E-state index is 0.103. The number of nitrogens with zero attached hydrogens (tertiary/aromatic N) is 1. The molecule has 0 amide bonds. The highest BCUT2D eigenvalue weighted by molar-refractivity contribution is 14.1. The van der Waals surface area contributed by atoms with Crippen molar-refractivity contribution in [2.75, 3.05) is 31.2 Å². The molecule has 0 aliphatic rings. The van der Waals surface area contributed by atoms with Crippen molar-refractivity contribution in [1.29, 1.82) is 0 Å². The van der Waals surface area contributed by atoms with Crippen LogP contribution in [0, 0.1) is 3.57 Å². The van der Waals surface area contributed by atoms with Crippen molar-refractivity contribution >= 4 is 28.3 Å². The maximum atomic E-state index is 8.85. The molecule has 0 aromatic heterocycles. The van der Waals surface area contributed by atoms with Gasteiger partial charge in [-0.1, -0.05) is 0 Å². The first-order valence-electron chi connectivity index (χ1n) is 4.50. The third kappa shape index (κ3) is 3.43. The Labute approximate surface area is 97.5 Å². The monoisotopic (exact) mass is 307 g/mol. The van der Waals surface area contributed by atoms with Gasteiger partial charge in [-0.3, -0.25) is 0 Å². The standard InChI is InChI=1S/C10H14INO2/c11-9-1-3-10(4-2-9)12(5-7-13)6-8-14/h1-4,13-14H,5-8H2. The third-order valence-corrected chi connectivity index (χ3v) is 2.65. The van der Waals surface area contributed by atoms with Gasteiger partial charge in [-0.15, -0.1) is 0 Å². The average molecular weight is 307 g/mol. The molecular weight excluding hydrogens is 293 g/mol. The predicted octanol–water partition coefficient (Wildman–Crippen LogP) is 1.08. The van der Waals surface area contributed by atoms with Crippen LogP contribution in [0.5, 0.6) is 0 Å². The lowest BCUT2D eigenvalue weighted by Gasteiger charge is -2.22. The van der Waals surface area contributed by atoms with Gasteiger partial charge < -0.3 is 15.1 Å². The van der Waals surface area contributed by atoms with E-state index in [-0.39, 0.29) is 13.2 Å². The molecule has 4 heteroatoms. The first kappa shape index (κ1) is 11.7. The van der Waals surface area contributed by atoms with Crippen LogP contribution in [0.15, 0.2) is 24.3 Å². The quantitative estimate of drug-likeness (QED) is 0.800. The maximum Gasteiger partial charge on any atom is 0.0606 e. The predicted molar refractivity (Wildman–Crippen MR) is 65.5 cm³/mol. The summed E-state index contributed by atoms with van der Waals surface area (Å²) in [5.74, 6) is 0. The van der Waals surface area contributed by atoms with Crippen LogP contribution < -0.4 is 4.90 Å². The lowest BCUT2D eigenvalue weighted by atomic mass is 10.3. The van der Waals surface area contributed by atoms with Crippen LogP contribution in [0.4, 0.5) is 5.69 Å². The van der Waals surface area contributed by atoms with Crippen LogP contribution in [0.3, 0.4) is 0 Å². The fourth-order valence-electron chi connectivity index (χ4n) is 1.26. The molecule has 2 N–H and O–H groups in total. The van der Waals surface area contributed by atoms with E-state index in [0.29, 0.717) is 13.1 Å². The zero-order chi connectivity index (χ0) is 10.4. The van der Waals surface area contributed by atoms with Crippen molar-refractivity contribution < 1.29 is 10.2 Å². The summed E-state index contributed by atoms with van der Waals surface area (Å²) >= 11 is 2.25. The van der Waals surface area contributed by atoms with Gasteiger partial charge in [0.25, 0.3) is 0 Å². The second-order valence-electron chi connectivity index (χ2n) is 2.91. The molecule has 0 aliphatic heterocycles. The van der Waals surface area contributed by atoms with Gasteiger partial charge >= 0.3 is 0 Å². The Kier molecular flexibility index (Phi) is 5.21. The van der Waals surface area contributed by atoms with E-state index in [2.05, 4.69) is 22.6 Å². The number of aliphatic hydroxyl groups excluding tert-OH is 2. The third-order valence-electron chi connectivity index (χ3n) is 1.93. The van der Waals surface area contributed by atoms with E-state index < -0.39 is 0 Å². The molecular formula is C10H14INO2. The molecule has 0 saturated heterocycles. The lowest BCUT2D eigenvalue weighted by Crippen LogP contribution is -2.29. The molecule has 0 bridgehead atoms. The van der Waals surface area contributed by atoms with Crippen LogP contribution in [-0.4, -0.2) is 36.5 Å². The first-order valence-corrected chi connectivity index (χ1v) is 5.58. The maximum absolute atomic E-state index is 8.85. The molecule has 0 aliphatic carbocycles. The molecule has 0 unspecified atom stereocenters. The van der Waals surface area contributed by atoms with Gasteiger partial charge in [-0.2, -0.15) is 0 Å².